The monoisotopic (exact) mass is 733 g/mol. The molecule has 0 aliphatic carbocycles. The first kappa shape index (κ1) is 49.5. The molecule has 0 saturated carbocycles. The predicted molar refractivity (Wildman–Crippen MR) is 206 cm³/mol. The van der Waals surface area contributed by atoms with E-state index in [0.29, 0.717) is 25.6 Å². The molecule has 0 aromatic heterocycles. The van der Waals surface area contributed by atoms with Gasteiger partial charge in [0.15, 0.2) is 11.5 Å². The van der Waals surface area contributed by atoms with Crippen LogP contribution in [0, 0.1) is 0 Å². The van der Waals surface area contributed by atoms with Crippen LogP contribution < -0.4 is 43.8 Å². The van der Waals surface area contributed by atoms with Crippen molar-refractivity contribution < 1.29 is 56.7 Å². The average Bonchev–Trinajstić information content (AvgIpc) is 3.08. The zero-order chi connectivity index (χ0) is 35.7. The number of rotatable bonds is 37. The van der Waals surface area contributed by atoms with Gasteiger partial charge in [0, 0.05) is 0 Å². The molecule has 0 bridgehead atoms. The Morgan fingerprint density at radius 1 is 0.420 bits per heavy atom. The summed E-state index contributed by atoms with van der Waals surface area (Å²) in [7, 11) is -4.75. The van der Waals surface area contributed by atoms with Crippen molar-refractivity contribution in [3.63, 3.8) is 0 Å². The van der Waals surface area contributed by atoms with E-state index in [2.05, 4.69) is 20.8 Å². The van der Waals surface area contributed by atoms with E-state index in [9.17, 15) is 13.0 Å². The summed E-state index contributed by atoms with van der Waals surface area (Å²) in [4.78, 5) is -0.357. The van der Waals surface area contributed by atoms with Crippen LogP contribution in [0.4, 0.5) is 0 Å². The van der Waals surface area contributed by atoms with E-state index < -0.39 is 10.1 Å². The Labute approximate surface area is 332 Å². The summed E-state index contributed by atoms with van der Waals surface area (Å²) in [5, 5.41) is 0. The second-order valence-electron chi connectivity index (χ2n) is 14.3. The van der Waals surface area contributed by atoms with Crippen molar-refractivity contribution in [1.82, 2.24) is 0 Å². The first-order valence-corrected chi connectivity index (χ1v) is 22.4. The van der Waals surface area contributed by atoms with Crippen molar-refractivity contribution >= 4 is 10.1 Å². The second-order valence-corrected chi connectivity index (χ2v) is 15.6. The van der Waals surface area contributed by atoms with Crippen molar-refractivity contribution in [2.24, 2.45) is 0 Å². The first-order valence-electron chi connectivity index (χ1n) is 21.0. The van der Waals surface area contributed by atoms with Crippen LogP contribution >= 0.6 is 0 Å². The molecule has 0 radical (unpaired) electrons. The third-order valence-corrected chi connectivity index (χ3v) is 10.4. The molecule has 50 heavy (non-hydrogen) atoms. The predicted octanol–water partition coefficient (Wildman–Crippen LogP) is 10.5. The topological polar surface area (TPSA) is 84.9 Å². The summed E-state index contributed by atoms with van der Waals surface area (Å²) in [5.74, 6) is 0.763. The molecule has 0 heterocycles. The number of ether oxygens (including phenoxy) is 3. The number of hydrogen-bond acceptors (Lipinski definition) is 6. The van der Waals surface area contributed by atoms with Gasteiger partial charge in [0.05, 0.1) is 19.8 Å². The Hall–Kier alpha value is -0.470. The third kappa shape index (κ3) is 27.2. The van der Waals surface area contributed by atoms with Gasteiger partial charge in [-0.3, -0.25) is 0 Å². The van der Waals surface area contributed by atoms with Gasteiger partial charge in [0.25, 0.3) is 0 Å². The molecule has 0 unspecified atom stereocenters. The van der Waals surface area contributed by atoms with Gasteiger partial charge in [-0.15, -0.1) is 0 Å². The summed E-state index contributed by atoms with van der Waals surface area (Å²) < 4.78 is 55.4. The van der Waals surface area contributed by atoms with Crippen molar-refractivity contribution in [3.8, 4) is 17.2 Å². The van der Waals surface area contributed by atoms with Gasteiger partial charge in [0.2, 0.25) is 5.75 Å². The Kier molecular flexibility index (Phi) is 35.2. The van der Waals surface area contributed by atoms with Crippen molar-refractivity contribution in [3.05, 3.63) is 12.1 Å². The fraction of sp³-hybridized carbons (Fsp3) is 0.857. The molecule has 1 rings (SSSR count). The fourth-order valence-corrected chi connectivity index (χ4v) is 7.02. The van der Waals surface area contributed by atoms with Gasteiger partial charge >= 0.3 is 29.6 Å². The van der Waals surface area contributed by atoms with Crippen LogP contribution in [0.2, 0.25) is 0 Å². The molecule has 6 nitrogen and oxygen atoms in total. The van der Waals surface area contributed by atoms with Gasteiger partial charge < -0.3 is 18.8 Å². The number of unbranched alkanes of at least 4 members (excludes halogenated alkanes) is 27. The maximum Gasteiger partial charge on any atom is 1.00 e. The molecule has 0 spiro atoms. The summed E-state index contributed by atoms with van der Waals surface area (Å²) in [6, 6.07) is 2.90. The molecule has 0 saturated heterocycles. The normalized spacial score (nSPS) is 11.4. The fourth-order valence-electron chi connectivity index (χ4n) is 6.41. The zero-order valence-corrected chi connectivity index (χ0v) is 36.2. The van der Waals surface area contributed by atoms with Crippen LogP contribution in [-0.4, -0.2) is 32.8 Å². The van der Waals surface area contributed by atoms with E-state index in [-0.39, 0.29) is 46.0 Å². The average molecular weight is 733 g/mol. The zero-order valence-electron chi connectivity index (χ0n) is 33.3. The summed E-state index contributed by atoms with van der Waals surface area (Å²) >= 11 is 0. The van der Waals surface area contributed by atoms with Crippen LogP contribution in [-0.2, 0) is 10.1 Å². The molecule has 0 fully saturated rings. The largest absolute Gasteiger partial charge is 1.00 e. The van der Waals surface area contributed by atoms with Crippen LogP contribution in [0.5, 0.6) is 17.2 Å². The Morgan fingerprint density at radius 3 is 1.02 bits per heavy atom. The van der Waals surface area contributed by atoms with Crippen LogP contribution in [0.1, 0.15) is 213 Å². The molecular weight excluding hydrogens is 656 g/mol. The molecule has 0 N–H and O–H groups in total. The standard InChI is InChI=1S/C42H78O6S.Na/c1-4-7-10-13-16-19-22-25-28-31-36-46-39-34-35-40(49(43,44)45)42(48-38-33-30-27-24-21-18-15-12-9-6-3)41(39)47-37-32-29-26-23-20-17-14-11-8-5-2;/h34-35H,4-33,36-38H2,1-3H3,(H,43,44,45);/q;+1/p-1. The van der Waals surface area contributed by atoms with Crippen LogP contribution in [0.15, 0.2) is 17.0 Å². The van der Waals surface area contributed by atoms with Crippen LogP contribution in [0.3, 0.4) is 0 Å². The minimum absolute atomic E-state index is 0. The first-order chi connectivity index (χ1) is 24.0. The minimum Gasteiger partial charge on any atom is -0.744 e. The molecule has 8 heteroatoms. The van der Waals surface area contributed by atoms with E-state index >= 15 is 0 Å². The second kappa shape index (κ2) is 35.6. The Bertz CT molecular complexity index is 987. The van der Waals surface area contributed by atoms with Crippen molar-refractivity contribution in [2.45, 2.75) is 218 Å². The van der Waals surface area contributed by atoms with Gasteiger partial charge in [0.1, 0.15) is 15.0 Å². The van der Waals surface area contributed by atoms with Gasteiger partial charge in [-0.25, -0.2) is 8.42 Å². The third-order valence-electron chi connectivity index (χ3n) is 9.55. The van der Waals surface area contributed by atoms with Gasteiger partial charge in [-0.05, 0) is 31.4 Å². The maximum absolute atomic E-state index is 12.3. The Balaban J connectivity index is 0.0000240. The molecule has 1 aromatic carbocycles. The van der Waals surface area contributed by atoms with E-state index in [1.807, 2.05) is 0 Å². The van der Waals surface area contributed by atoms with Gasteiger partial charge in [-0.1, -0.05) is 194 Å². The van der Waals surface area contributed by atoms with E-state index in [0.717, 1.165) is 51.4 Å². The van der Waals surface area contributed by atoms with Crippen LogP contribution in [0.25, 0.3) is 0 Å². The number of benzene rings is 1. The van der Waals surface area contributed by atoms with Gasteiger partial charge in [-0.2, -0.15) is 0 Å². The van der Waals surface area contributed by atoms with Crippen molar-refractivity contribution in [1.29, 1.82) is 0 Å². The Morgan fingerprint density at radius 2 is 0.700 bits per heavy atom. The molecule has 1 aromatic rings. The molecule has 0 amide bonds. The smallest absolute Gasteiger partial charge is 0.744 e. The van der Waals surface area contributed by atoms with E-state index in [1.54, 1.807) is 6.07 Å². The molecule has 0 atom stereocenters. The summed E-state index contributed by atoms with van der Waals surface area (Å²) in [5.41, 5.74) is 0. The summed E-state index contributed by atoms with van der Waals surface area (Å²) in [6.45, 7) is 8.04. The molecule has 288 valence electrons. The SMILES string of the molecule is CCCCCCCCCCCCOc1ccc(S(=O)(=O)[O-])c(OCCCCCCCCCCCC)c1OCCCCCCCCCCCC.[Na+]. The number of hydrogen-bond donors (Lipinski definition) is 0. The maximum atomic E-state index is 12.3. The van der Waals surface area contributed by atoms with E-state index in [4.69, 9.17) is 14.2 Å². The minimum atomic E-state index is -4.75. The summed E-state index contributed by atoms with van der Waals surface area (Å²) in [6.07, 6.45) is 36.6. The molecule has 0 aliphatic heterocycles. The van der Waals surface area contributed by atoms with E-state index in [1.165, 1.54) is 147 Å². The quantitative estimate of drug-likeness (QED) is 0.0385. The van der Waals surface area contributed by atoms with Crippen molar-refractivity contribution in [2.75, 3.05) is 19.8 Å². The molecular formula is C42H77NaO6S. The molecule has 0 aliphatic rings.